The van der Waals surface area contributed by atoms with Gasteiger partial charge in [-0.2, -0.15) is 0 Å². The summed E-state index contributed by atoms with van der Waals surface area (Å²) in [5.74, 6) is -0.593. The largest absolute Gasteiger partial charge is 0.481 e. The number of hydrogen-bond donors (Lipinski definition) is 5. The number of allylic oxidation sites excluding steroid dienone is 2. The maximum absolute atomic E-state index is 13.4. The second-order valence-electron chi connectivity index (χ2n) is 18.5. The highest BCUT2D eigenvalue weighted by molar-refractivity contribution is 5.73. The average Bonchev–Trinajstić information content (AvgIpc) is 2.99. The van der Waals surface area contributed by atoms with E-state index in [9.17, 15) is 35.1 Å². The topological polar surface area (TPSA) is 163 Å². The Balaban J connectivity index is 1.53. The molecule has 0 bridgehead atoms. The number of fused-ring (bicyclic) bond motifs is 4. The van der Waals surface area contributed by atoms with Crippen molar-refractivity contribution in [3.8, 4) is 0 Å². The third-order valence-corrected chi connectivity index (χ3v) is 15.1. The highest BCUT2D eigenvalue weighted by Gasteiger charge is 2.68. The summed E-state index contributed by atoms with van der Waals surface area (Å²) in [6.45, 7) is 20.8. The van der Waals surface area contributed by atoms with Crippen LogP contribution in [0.5, 0.6) is 0 Å². The molecule has 14 atom stereocenters. The number of ether oxygens (including phenoxy) is 3. The number of rotatable bonds is 8. The molecule has 5 N–H and O–H groups in total. The van der Waals surface area contributed by atoms with E-state index in [0.717, 1.165) is 44.9 Å². The van der Waals surface area contributed by atoms with Crippen molar-refractivity contribution >= 4 is 11.9 Å². The molecule has 0 spiro atoms. The van der Waals surface area contributed by atoms with E-state index in [2.05, 4.69) is 62.3 Å². The van der Waals surface area contributed by atoms with Crippen LogP contribution in [0.1, 0.15) is 121 Å². The Labute approximate surface area is 293 Å². The van der Waals surface area contributed by atoms with Gasteiger partial charge >= 0.3 is 11.9 Å². The summed E-state index contributed by atoms with van der Waals surface area (Å²) < 4.78 is 18.3. The Morgan fingerprint density at radius 2 is 1.57 bits per heavy atom. The van der Waals surface area contributed by atoms with Crippen molar-refractivity contribution in [2.75, 3.05) is 6.61 Å². The Kier molecular flexibility index (Phi) is 10.4. The molecule has 2 saturated carbocycles. The predicted molar refractivity (Wildman–Crippen MR) is 183 cm³/mol. The number of carboxylic acids is 1. The van der Waals surface area contributed by atoms with Crippen molar-refractivity contribution in [1.82, 2.24) is 0 Å². The number of aliphatic hydroxyl groups excluding tert-OH is 4. The minimum absolute atomic E-state index is 0.101. The quantitative estimate of drug-likeness (QED) is 0.168. The Morgan fingerprint density at radius 3 is 2.14 bits per heavy atom. The maximum Gasteiger partial charge on any atom is 0.307 e. The molecule has 4 aliphatic carbocycles. The van der Waals surface area contributed by atoms with Gasteiger partial charge in [-0.15, -0.1) is 0 Å². The van der Waals surface area contributed by atoms with Crippen LogP contribution >= 0.6 is 0 Å². The van der Waals surface area contributed by atoms with E-state index in [-0.39, 0.29) is 22.2 Å². The van der Waals surface area contributed by atoms with Gasteiger partial charge in [-0.1, -0.05) is 73.5 Å². The maximum atomic E-state index is 13.4. The van der Waals surface area contributed by atoms with E-state index in [1.165, 1.54) is 18.1 Å². The van der Waals surface area contributed by atoms with Gasteiger partial charge in [-0.25, -0.2) is 0 Å². The van der Waals surface area contributed by atoms with Gasteiger partial charge < -0.3 is 39.7 Å². The number of carbonyl (C=O) groups is 2. The summed E-state index contributed by atoms with van der Waals surface area (Å²) in [4.78, 5) is 26.0. The van der Waals surface area contributed by atoms with Crippen LogP contribution in [0, 0.1) is 50.7 Å². The number of aliphatic carboxylic acids is 1. The molecular formula is C39H64O10. The molecule has 10 heteroatoms. The standard InChI is InChI=1S/C39H64O10/c1-20(2)21(3)17-36(7)15-16-38(9)24-11-12-27-35(5,6)32(49-34-30(44)29(43)28(42)26(19-40)48-34)25(47-22(4)41)18-37(27,8)23(24)13-14-39(38,10)31(36)33(45)46/h20-21,25-32,34,40,42-44H,11-19H2,1-10H3,(H,45,46)/t21-,25+,26+,27-,28+,29-,30+,31+,32-,34-,36+,37+,38+,39-/m0/s1. The lowest BCUT2D eigenvalue weighted by atomic mass is 9.37. The fraction of sp³-hybridized carbons (Fsp3) is 0.897. The first-order chi connectivity index (χ1) is 22.6. The van der Waals surface area contributed by atoms with Crippen molar-refractivity contribution in [2.45, 2.75) is 164 Å². The molecule has 0 amide bonds. The second kappa shape index (κ2) is 13.1. The molecule has 0 unspecified atom stereocenters. The van der Waals surface area contributed by atoms with Crippen molar-refractivity contribution in [2.24, 2.45) is 50.7 Å². The zero-order chi connectivity index (χ0) is 36.6. The van der Waals surface area contributed by atoms with Gasteiger partial charge in [0.25, 0.3) is 0 Å². The van der Waals surface area contributed by atoms with Crippen LogP contribution < -0.4 is 0 Å². The number of carbonyl (C=O) groups excluding carboxylic acids is 1. The highest BCUT2D eigenvalue weighted by Crippen LogP contribution is 2.73. The van der Waals surface area contributed by atoms with Crippen molar-refractivity contribution in [1.29, 1.82) is 0 Å². The Morgan fingerprint density at radius 1 is 0.918 bits per heavy atom. The molecule has 0 aromatic carbocycles. The minimum atomic E-state index is -1.58. The molecule has 1 aliphatic heterocycles. The molecule has 0 aromatic rings. The molecule has 1 heterocycles. The number of esters is 1. The van der Waals surface area contributed by atoms with Gasteiger partial charge in [-0.3, -0.25) is 9.59 Å². The van der Waals surface area contributed by atoms with Crippen LogP contribution in [0.4, 0.5) is 0 Å². The molecule has 49 heavy (non-hydrogen) atoms. The lowest BCUT2D eigenvalue weighted by Crippen LogP contribution is -2.65. The van der Waals surface area contributed by atoms with E-state index in [1.807, 2.05) is 0 Å². The summed E-state index contributed by atoms with van der Waals surface area (Å²) in [6, 6.07) is 0. The Hall–Kier alpha value is -1.56. The summed E-state index contributed by atoms with van der Waals surface area (Å²) in [5, 5.41) is 52.4. The molecule has 280 valence electrons. The fourth-order valence-corrected chi connectivity index (χ4v) is 12.0. The van der Waals surface area contributed by atoms with E-state index < -0.39 is 78.2 Å². The van der Waals surface area contributed by atoms with E-state index in [4.69, 9.17) is 14.2 Å². The summed E-state index contributed by atoms with van der Waals surface area (Å²) in [7, 11) is 0. The number of hydrogen-bond acceptors (Lipinski definition) is 9. The molecule has 5 aliphatic rings. The monoisotopic (exact) mass is 692 g/mol. The van der Waals surface area contributed by atoms with Crippen molar-refractivity contribution < 1.29 is 49.3 Å². The van der Waals surface area contributed by atoms with Crippen LogP contribution in [-0.4, -0.2) is 87.0 Å². The Bertz CT molecular complexity index is 1310. The number of aliphatic hydroxyl groups is 4. The summed E-state index contributed by atoms with van der Waals surface area (Å²) >= 11 is 0. The van der Waals surface area contributed by atoms with Gasteiger partial charge in [0, 0.05) is 6.92 Å². The SMILES string of the molecule is CC(=O)O[C@@H]1C[C@]2(C)C3=C(CC[C@H]2C(C)(C)[C@H]1O[C@@H]1O[C@H](CO)[C@@H](O)[C@H](O)[C@H]1O)[C@@]1(C)CC[C@](C)(C[C@H](C)C(C)C)[C@@H](C(=O)O)[C@]1(C)CC3. The van der Waals surface area contributed by atoms with Gasteiger partial charge in [-0.05, 0) is 96.2 Å². The normalized spacial score (nSPS) is 47.1. The minimum Gasteiger partial charge on any atom is -0.481 e. The molecular weight excluding hydrogens is 628 g/mol. The highest BCUT2D eigenvalue weighted by atomic mass is 16.7. The zero-order valence-electron chi connectivity index (χ0n) is 31.5. The predicted octanol–water partition coefficient (Wildman–Crippen LogP) is 5.24. The molecule has 0 aromatic heterocycles. The summed E-state index contributed by atoms with van der Waals surface area (Å²) in [5.41, 5.74) is 0.822. The van der Waals surface area contributed by atoms with Crippen LogP contribution in [0.25, 0.3) is 0 Å². The van der Waals surface area contributed by atoms with Crippen LogP contribution in [0.15, 0.2) is 11.1 Å². The van der Waals surface area contributed by atoms with Crippen LogP contribution in [0.2, 0.25) is 0 Å². The lowest BCUT2D eigenvalue weighted by molar-refractivity contribution is -0.336. The first-order valence-electron chi connectivity index (χ1n) is 18.7. The first kappa shape index (κ1) is 38.7. The van der Waals surface area contributed by atoms with Gasteiger partial charge in [0.15, 0.2) is 6.29 Å². The van der Waals surface area contributed by atoms with Gasteiger partial charge in [0.05, 0.1) is 12.5 Å². The van der Waals surface area contributed by atoms with Gasteiger partial charge in [0.2, 0.25) is 0 Å². The average molecular weight is 693 g/mol. The second-order valence-corrected chi connectivity index (χ2v) is 18.5. The van der Waals surface area contributed by atoms with Crippen LogP contribution in [-0.2, 0) is 23.8 Å². The summed E-state index contributed by atoms with van der Waals surface area (Å²) in [6.07, 6.45) is -2.11. The van der Waals surface area contributed by atoms with E-state index in [0.29, 0.717) is 18.3 Å². The first-order valence-corrected chi connectivity index (χ1v) is 18.7. The van der Waals surface area contributed by atoms with E-state index >= 15 is 0 Å². The zero-order valence-corrected chi connectivity index (χ0v) is 31.5. The molecule has 1 saturated heterocycles. The molecule has 10 nitrogen and oxygen atoms in total. The van der Waals surface area contributed by atoms with Crippen LogP contribution in [0.3, 0.4) is 0 Å². The van der Waals surface area contributed by atoms with Crippen molar-refractivity contribution in [3.05, 3.63) is 11.1 Å². The van der Waals surface area contributed by atoms with Crippen molar-refractivity contribution in [3.63, 3.8) is 0 Å². The molecule has 3 fully saturated rings. The third-order valence-electron chi connectivity index (χ3n) is 15.1. The molecule has 5 rings (SSSR count). The lowest BCUT2D eigenvalue weighted by Gasteiger charge is -2.67. The van der Waals surface area contributed by atoms with E-state index in [1.54, 1.807) is 0 Å². The smallest absolute Gasteiger partial charge is 0.307 e. The third kappa shape index (κ3) is 6.02. The molecule has 0 radical (unpaired) electrons. The number of carboxylic acid groups (broad SMARTS) is 1. The fourth-order valence-electron chi connectivity index (χ4n) is 12.0. The van der Waals surface area contributed by atoms with Gasteiger partial charge in [0.1, 0.15) is 36.6 Å².